The van der Waals surface area contributed by atoms with Gasteiger partial charge in [0.25, 0.3) is 0 Å². The zero-order valence-electron chi connectivity index (χ0n) is 9.24. The first-order chi connectivity index (χ1) is 7.66. The van der Waals surface area contributed by atoms with E-state index >= 15 is 0 Å². The Labute approximate surface area is 94.6 Å². The first kappa shape index (κ1) is 11.4. The van der Waals surface area contributed by atoms with Gasteiger partial charge in [0, 0.05) is 18.5 Å². The van der Waals surface area contributed by atoms with E-state index in [2.05, 4.69) is 10.6 Å². The van der Waals surface area contributed by atoms with Gasteiger partial charge in [0.05, 0.1) is 0 Å². The number of hydrogen-bond donors (Lipinski definition) is 3. The van der Waals surface area contributed by atoms with Crippen LogP contribution in [0.15, 0.2) is 0 Å². The SMILES string of the molecule is O=C1NCC[C@@H]1CC[C@H](O)C(=O)NC1CC1. The van der Waals surface area contributed by atoms with E-state index in [1.165, 1.54) is 0 Å². The molecule has 0 aromatic carbocycles. The standard InChI is InChI=1S/C11H18N2O3/c14-9(11(16)13-8-2-3-8)4-1-7-5-6-12-10(7)15/h7-9,14H,1-6H2,(H,12,15)(H,13,16)/t7-,9-/m0/s1. The minimum atomic E-state index is -0.964. The van der Waals surface area contributed by atoms with Crippen molar-refractivity contribution in [1.29, 1.82) is 0 Å². The third kappa shape index (κ3) is 2.95. The van der Waals surface area contributed by atoms with Crippen molar-refractivity contribution in [2.24, 2.45) is 5.92 Å². The fraction of sp³-hybridized carbons (Fsp3) is 0.818. The van der Waals surface area contributed by atoms with Crippen LogP contribution in [0.3, 0.4) is 0 Å². The number of nitrogens with one attached hydrogen (secondary N) is 2. The predicted octanol–water partition coefficient (Wildman–Crippen LogP) is -0.458. The topological polar surface area (TPSA) is 78.4 Å². The summed E-state index contributed by atoms with van der Waals surface area (Å²) < 4.78 is 0. The van der Waals surface area contributed by atoms with Gasteiger partial charge in [-0.3, -0.25) is 9.59 Å². The maximum absolute atomic E-state index is 11.4. The summed E-state index contributed by atoms with van der Waals surface area (Å²) in [5, 5.41) is 15.1. The summed E-state index contributed by atoms with van der Waals surface area (Å²) in [5.41, 5.74) is 0. The highest BCUT2D eigenvalue weighted by molar-refractivity contribution is 5.82. The zero-order chi connectivity index (χ0) is 11.5. The molecule has 5 nitrogen and oxygen atoms in total. The van der Waals surface area contributed by atoms with E-state index in [1.807, 2.05) is 0 Å². The van der Waals surface area contributed by atoms with Crippen LogP contribution < -0.4 is 10.6 Å². The number of hydrogen-bond acceptors (Lipinski definition) is 3. The molecule has 1 saturated carbocycles. The fourth-order valence-corrected chi connectivity index (χ4v) is 1.94. The Morgan fingerprint density at radius 1 is 1.50 bits per heavy atom. The van der Waals surface area contributed by atoms with Gasteiger partial charge in [-0.1, -0.05) is 0 Å². The van der Waals surface area contributed by atoms with Gasteiger partial charge in [0.15, 0.2) is 0 Å². The largest absolute Gasteiger partial charge is 0.383 e. The summed E-state index contributed by atoms with van der Waals surface area (Å²) in [7, 11) is 0. The summed E-state index contributed by atoms with van der Waals surface area (Å²) in [6.45, 7) is 0.716. The molecule has 2 amide bonds. The summed E-state index contributed by atoms with van der Waals surface area (Å²) in [6.07, 6.45) is 2.85. The molecule has 0 unspecified atom stereocenters. The van der Waals surface area contributed by atoms with Crippen LogP contribution in [0, 0.1) is 5.92 Å². The lowest BCUT2D eigenvalue weighted by Gasteiger charge is -2.12. The lowest BCUT2D eigenvalue weighted by molar-refractivity contribution is -0.130. The lowest BCUT2D eigenvalue weighted by Crippen LogP contribution is -2.36. The van der Waals surface area contributed by atoms with Crippen LogP contribution in [0.2, 0.25) is 0 Å². The van der Waals surface area contributed by atoms with Crippen molar-refractivity contribution in [2.45, 2.75) is 44.2 Å². The van der Waals surface area contributed by atoms with E-state index in [4.69, 9.17) is 0 Å². The molecule has 0 aromatic heterocycles. The quantitative estimate of drug-likeness (QED) is 0.593. The van der Waals surface area contributed by atoms with Gasteiger partial charge in [-0.15, -0.1) is 0 Å². The minimum Gasteiger partial charge on any atom is -0.383 e. The molecule has 0 radical (unpaired) electrons. The Bertz CT molecular complexity index is 289. The van der Waals surface area contributed by atoms with Gasteiger partial charge in [0.2, 0.25) is 11.8 Å². The predicted molar refractivity (Wildman–Crippen MR) is 57.5 cm³/mol. The smallest absolute Gasteiger partial charge is 0.249 e. The number of amides is 2. The molecule has 2 fully saturated rings. The minimum absolute atomic E-state index is 0.0247. The number of carbonyl (C=O) groups excluding carboxylic acids is 2. The molecule has 1 saturated heterocycles. The Hall–Kier alpha value is -1.10. The van der Waals surface area contributed by atoms with E-state index < -0.39 is 6.10 Å². The second-order valence-electron chi connectivity index (χ2n) is 4.65. The van der Waals surface area contributed by atoms with E-state index in [0.29, 0.717) is 19.4 Å². The summed E-state index contributed by atoms with van der Waals surface area (Å²) >= 11 is 0. The highest BCUT2D eigenvalue weighted by Crippen LogP contribution is 2.20. The molecule has 2 atom stereocenters. The van der Waals surface area contributed by atoms with Crippen molar-refractivity contribution >= 4 is 11.8 Å². The van der Waals surface area contributed by atoms with Crippen molar-refractivity contribution < 1.29 is 14.7 Å². The summed E-state index contributed by atoms with van der Waals surface area (Å²) in [4.78, 5) is 22.7. The average molecular weight is 226 g/mol. The molecule has 2 rings (SSSR count). The normalized spacial score (nSPS) is 26.3. The van der Waals surface area contributed by atoms with Crippen molar-refractivity contribution in [3.05, 3.63) is 0 Å². The van der Waals surface area contributed by atoms with Crippen molar-refractivity contribution in [2.75, 3.05) is 6.54 Å². The fourth-order valence-electron chi connectivity index (χ4n) is 1.94. The van der Waals surface area contributed by atoms with Crippen LogP contribution in [-0.2, 0) is 9.59 Å². The lowest BCUT2D eigenvalue weighted by atomic mass is 9.99. The maximum atomic E-state index is 11.4. The highest BCUT2D eigenvalue weighted by atomic mass is 16.3. The zero-order valence-corrected chi connectivity index (χ0v) is 9.24. The van der Waals surface area contributed by atoms with Gasteiger partial charge in [-0.25, -0.2) is 0 Å². The molecular weight excluding hydrogens is 208 g/mol. The number of aliphatic hydroxyl groups excluding tert-OH is 1. The first-order valence-corrected chi connectivity index (χ1v) is 5.93. The van der Waals surface area contributed by atoms with Crippen molar-refractivity contribution in [1.82, 2.24) is 10.6 Å². The Kier molecular flexibility index (Phi) is 3.43. The summed E-state index contributed by atoms with van der Waals surface area (Å²) in [6, 6.07) is 0.275. The van der Waals surface area contributed by atoms with Crippen LogP contribution in [-0.4, -0.2) is 35.6 Å². The third-order valence-electron chi connectivity index (χ3n) is 3.18. The van der Waals surface area contributed by atoms with Gasteiger partial charge < -0.3 is 15.7 Å². The third-order valence-corrected chi connectivity index (χ3v) is 3.18. The molecule has 0 bridgehead atoms. The van der Waals surface area contributed by atoms with E-state index in [9.17, 15) is 14.7 Å². The van der Waals surface area contributed by atoms with Gasteiger partial charge in [-0.2, -0.15) is 0 Å². The van der Waals surface area contributed by atoms with Crippen molar-refractivity contribution in [3.8, 4) is 0 Å². The Morgan fingerprint density at radius 3 is 2.81 bits per heavy atom. The van der Waals surface area contributed by atoms with Gasteiger partial charge in [-0.05, 0) is 32.1 Å². The van der Waals surface area contributed by atoms with Crippen LogP contribution in [0.5, 0.6) is 0 Å². The molecule has 0 aromatic rings. The molecule has 90 valence electrons. The molecule has 16 heavy (non-hydrogen) atoms. The van der Waals surface area contributed by atoms with Crippen LogP contribution in [0.4, 0.5) is 0 Å². The second kappa shape index (κ2) is 4.82. The molecule has 1 heterocycles. The number of rotatable bonds is 5. The van der Waals surface area contributed by atoms with Crippen LogP contribution in [0.25, 0.3) is 0 Å². The monoisotopic (exact) mass is 226 g/mol. The molecular formula is C11H18N2O3. The number of aliphatic hydroxyl groups is 1. The maximum Gasteiger partial charge on any atom is 0.249 e. The molecule has 2 aliphatic rings. The van der Waals surface area contributed by atoms with Gasteiger partial charge in [0.1, 0.15) is 6.10 Å². The molecule has 3 N–H and O–H groups in total. The second-order valence-corrected chi connectivity index (χ2v) is 4.65. The summed E-state index contributed by atoms with van der Waals surface area (Å²) in [5.74, 6) is -0.265. The average Bonchev–Trinajstić information content (AvgIpc) is 2.97. The highest BCUT2D eigenvalue weighted by Gasteiger charge is 2.28. The van der Waals surface area contributed by atoms with Gasteiger partial charge >= 0.3 is 0 Å². The van der Waals surface area contributed by atoms with E-state index in [0.717, 1.165) is 19.3 Å². The van der Waals surface area contributed by atoms with E-state index in [-0.39, 0.29) is 23.8 Å². The van der Waals surface area contributed by atoms with Crippen molar-refractivity contribution in [3.63, 3.8) is 0 Å². The molecule has 1 aliphatic heterocycles. The van der Waals surface area contributed by atoms with E-state index in [1.54, 1.807) is 0 Å². The van der Waals surface area contributed by atoms with Crippen LogP contribution in [0.1, 0.15) is 32.1 Å². The van der Waals surface area contributed by atoms with Crippen LogP contribution >= 0.6 is 0 Å². The molecule has 0 spiro atoms. The Morgan fingerprint density at radius 2 is 2.25 bits per heavy atom. The molecule has 1 aliphatic carbocycles. The molecule has 5 heteroatoms. The number of carbonyl (C=O) groups is 2. The first-order valence-electron chi connectivity index (χ1n) is 5.93. The Balaban J connectivity index is 1.67.